The van der Waals surface area contributed by atoms with Crippen molar-refractivity contribution < 1.29 is 4.79 Å². The van der Waals surface area contributed by atoms with E-state index in [4.69, 9.17) is 11.6 Å². The fourth-order valence-electron chi connectivity index (χ4n) is 0.983. The Bertz CT molecular complexity index is 308. The summed E-state index contributed by atoms with van der Waals surface area (Å²) in [6.07, 6.45) is 0. The Kier molecular flexibility index (Phi) is 3.33. The molecule has 1 atom stereocenters. The maximum Gasteiger partial charge on any atom is 0.245 e. The van der Waals surface area contributed by atoms with Gasteiger partial charge in [0, 0.05) is 19.0 Å². The Morgan fingerprint density at radius 1 is 1.62 bits per heavy atom. The molecule has 1 aromatic heterocycles. The molecular weight excluding hydrogens is 206 g/mol. The molecule has 1 unspecified atom stereocenters. The van der Waals surface area contributed by atoms with Gasteiger partial charge >= 0.3 is 0 Å². The fourth-order valence-corrected chi connectivity index (χ4v) is 2.40. The minimum absolute atomic E-state index is 0.0628. The minimum atomic E-state index is -0.532. The van der Waals surface area contributed by atoms with Crippen molar-refractivity contribution in [1.82, 2.24) is 4.90 Å². The Morgan fingerprint density at radius 3 is 2.62 bits per heavy atom. The number of nitrogens with zero attached hydrogens (tertiary/aromatic N) is 1. The summed E-state index contributed by atoms with van der Waals surface area (Å²) in [5.41, 5.74) is 1.08. The maximum atomic E-state index is 11.5. The zero-order valence-electron chi connectivity index (χ0n) is 7.87. The van der Waals surface area contributed by atoms with Crippen molar-refractivity contribution in [3.05, 3.63) is 21.9 Å². The number of likely N-dealkylation sites (N-methyl/N-ethyl adjacent to an activating group) is 1. The standard InChI is InChI=1S/C9H12ClNOS/c1-6-4-5-13-8(6)7(10)9(12)11(2)3/h4-5,7H,1-3H3. The zero-order chi connectivity index (χ0) is 10.0. The van der Waals surface area contributed by atoms with Gasteiger partial charge in [0.05, 0.1) is 0 Å². The van der Waals surface area contributed by atoms with Gasteiger partial charge in [0.2, 0.25) is 5.91 Å². The lowest BCUT2D eigenvalue weighted by Crippen LogP contribution is -2.25. The average Bonchev–Trinajstić information content (AvgIpc) is 2.48. The van der Waals surface area contributed by atoms with Crippen LogP contribution in [-0.4, -0.2) is 24.9 Å². The monoisotopic (exact) mass is 217 g/mol. The number of rotatable bonds is 2. The second kappa shape index (κ2) is 4.11. The lowest BCUT2D eigenvalue weighted by Gasteiger charge is -2.14. The third-order valence-corrected chi connectivity index (χ3v) is 3.41. The van der Waals surface area contributed by atoms with Gasteiger partial charge in [-0.3, -0.25) is 4.79 Å². The van der Waals surface area contributed by atoms with Crippen molar-refractivity contribution in [2.75, 3.05) is 14.1 Å². The first-order valence-corrected chi connectivity index (χ1v) is 5.25. The number of halogens is 1. The highest BCUT2D eigenvalue weighted by Gasteiger charge is 2.21. The molecule has 0 saturated carbocycles. The van der Waals surface area contributed by atoms with Crippen molar-refractivity contribution in [3.63, 3.8) is 0 Å². The summed E-state index contributed by atoms with van der Waals surface area (Å²) in [6, 6.07) is 1.97. The molecule has 1 amide bonds. The predicted octanol–water partition coefficient (Wildman–Crippen LogP) is 2.42. The number of thiophene rings is 1. The maximum absolute atomic E-state index is 11.5. The van der Waals surface area contributed by atoms with E-state index >= 15 is 0 Å². The van der Waals surface area contributed by atoms with Crippen LogP contribution in [0, 0.1) is 6.92 Å². The van der Waals surface area contributed by atoms with E-state index in [1.165, 1.54) is 16.2 Å². The molecule has 0 aromatic carbocycles. The molecule has 72 valence electrons. The van der Waals surface area contributed by atoms with Crippen LogP contribution >= 0.6 is 22.9 Å². The first-order chi connectivity index (χ1) is 6.04. The largest absolute Gasteiger partial charge is 0.347 e. The second-order valence-corrected chi connectivity index (χ2v) is 4.45. The molecule has 2 nitrogen and oxygen atoms in total. The third kappa shape index (κ3) is 2.23. The van der Waals surface area contributed by atoms with E-state index in [0.29, 0.717) is 0 Å². The molecule has 0 bridgehead atoms. The van der Waals surface area contributed by atoms with Crippen molar-refractivity contribution in [1.29, 1.82) is 0 Å². The Labute approximate surface area is 87.1 Å². The highest BCUT2D eigenvalue weighted by atomic mass is 35.5. The van der Waals surface area contributed by atoms with Crippen molar-refractivity contribution in [3.8, 4) is 0 Å². The van der Waals surface area contributed by atoms with E-state index in [1.54, 1.807) is 14.1 Å². The third-order valence-electron chi connectivity index (χ3n) is 1.79. The van der Waals surface area contributed by atoms with Crippen LogP contribution in [0.4, 0.5) is 0 Å². The number of amides is 1. The topological polar surface area (TPSA) is 20.3 Å². The number of carbonyl (C=O) groups is 1. The molecule has 0 N–H and O–H groups in total. The van der Waals surface area contributed by atoms with Crippen molar-refractivity contribution in [2.45, 2.75) is 12.3 Å². The number of hydrogen-bond acceptors (Lipinski definition) is 2. The molecule has 0 aliphatic heterocycles. The lowest BCUT2D eigenvalue weighted by molar-refractivity contribution is -0.128. The molecule has 0 aliphatic carbocycles. The molecule has 0 aliphatic rings. The highest BCUT2D eigenvalue weighted by Crippen LogP contribution is 2.29. The van der Waals surface area contributed by atoms with E-state index in [2.05, 4.69) is 0 Å². The molecule has 4 heteroatoms. The molecule has 1 aromatic rings. The molecule has 0 fully saturated rings. The summed E-state index contributed by atoms with van der Waals surface area (Å²) in [4.78, 5) is 13.9. The number of aryl methyl sites for hydroxylation is 1. The number of alkyl halides is 1. The van der Waals surface area contributed by atoms with Crippen LogP contribution in [0.1, 0.15) is 15.8 Å². The summed E-state index contributed by atoms with van der Waals surface area (Å²) < 4.78 is 0. The van der Waals surface area contributed by atoms with Gasteiger partial charge in [-0.05, 0) is 23.9 Å². The van der Waals surface area contributed by atoms with Crippen LogP contribution in [0.3, 0.4) is 0 Å². The van der Waals surface area contributed by atoms with Crippen LogP contribution < -0.4 is 0 Å². The highest BCUT2D eigenvalue weighted by molar-refractivity contribution is 7.10. The molecule has 0 saturated heterocycles. The van der Waals surface area contributed by atoms with Crippen LogP contribution in [0.5, 0.6) is 0 Å². The van der Waals surface area contributed by atoms with Crippen LogP contribution in [0.2, 0.25) is 0 Å². The Morgan fingerprint density at radius 2 is 2.23 bits per heavy atom. The van der Waals surface area contributed by atoms with Gasteiger partial charge in [-0.1, -0.05) is 0 Å². The first kappa shape index (κ1) is 10.5. The van der Waals surface area contributed by atoms with E-state index in [1.807, 2.05) is 18.4 Å². The van der Waals surface area contributed by atoms with Gasteiger partial charge in [-0.25, -0.2) is 0 Å². The van der Waals surface area contributed by atoms with Gasteiger partial charge < -0.3 is 4.90 Å². The van der Waals surface area contributed by atoms with Crippen molar-refractivity contribution in [2.24, 2.45) is 0 Å². The Hall–Kier alpha value is -0.540. The summed E-state index contributed by atoms with van der Waals surface area (Å²) in [6.45, 7) is 1.96. The van der Waals surface area contributed by atoms with Gasteiger partial charge in [-0.15, -0.1) is 22.9 Å². The summed E-state index contributed by atoms with van der Waals surface area (Å²) in [5.74, 6) is -0.0628. The average molecular weight is 218 g/mol. The summed E-state index contributed by atoms with van der Waals surface area (Å²) in [7, 11) is 3.42. The van der Waals surface area contributed by atoms with E-state index < -0.39 is 5.38 Å². The first-order valence-electron chi connectivity index (χ1n) is 3.93. The van der Waals surface area contributed by atoms with Gasteiger partial charge in [0.1, 0.15) is 5.38 Å². The van der Waals surface area contributed by atoms with Gasteiger partial charge in [0.15, 0.2) is 0 Å². The SMILES string of the molecule is Cc1ccsc1C(Cl)C(=O)N(C)C. The van der Waals surface area contributed by atoms with Crippen LogP contribution in [0.15, 0.2) is 11.4 Å². The summed E-state index contributed by atoms with van der Waals surface area (Å²) >= 11 is 7.54. The normalized spacial score (nSPS) is 12.6. The summed E-state index contributed by atoms with van der Waals surface area (Å²) in [5, 5.41) is 1.41. The lowest BCUT2D eigenvalue weighted by atomic mass is 10.2. The number of hydrogen-bond donors (Lipinski definition) is 0. The van der Waals surface area contributed by atoms with Crippen molar-refractivity contribution >= 4 is 28.8 Å². The smallest absolute Gasteiger partial charge is 0.245 e. The molecule has 1 rings (SSSR count). The quantitative estimate of drug-likeness (QED) is 0.697. The zero-order valence-corrected chi connectivity index (χ0v) is 9.45. The number of carbonyl (C=O) groups excluding carboxylic acids is 1. The molecule has 0 spiro atoms. The minimum Gasteiger partial charge on any atom is -0.347 e. The Balaban J connectivity index is 2.85. The predicted molar refractivity (Wildman–Crippen MR) is 56.3 cm³/mol. The fraction of sp³-hybridized carbons (Fsp3) is 0.444. The van der Waals surface area contributed by atoms with E-state index in [9.17, 15) is 4.79 Å². The van der Waals surface area contributed by atoms with Gasteiger partial charge in [0.25, 0.3) is 0 Å². The van der Waals surface area contributed by atoms with E-state index in [-0.39, 0.29) is 5.91 Å². The molecule has 13 heavy (non-hydrogen) atoms. The van der Waals surface area contributed by atoms with Gasteiger partial charge in [-0.2, -0.15) is 0 Å². The molecule has 0 radical (unpaired) electrons. The van der Waals surface area contributed by atoms with Crippen LogP contribution in [-0.2, 0) is 4.79 Å². The second-order valence-electron chi connectivity index (χ2n) is 3.06. The van der Waals surface area contributed by atoms with E-state index in [0.717, 1.165) is 10.4 Å². The molecular formula is C9H12ClNOS. The molecule has 1 heterocycles. The van der Waals surface area contributed by atoms with Crippen LogP contribution in [0.25, 0.3) is 0 Å².